The third-order valence-corrected chi connectivity index (χ3v) is 7.74. The van der Waals surface area contributed by atoms with Crippen LogP contribution in [0.2, 0.25) is 5.02 Å². The Balaban J connectivity index is 1.49. The van der Waals surface area contributed by atoms with E-state index in [1.807, 2.05) is 49.4 Å². The normalized spacial score (nSPS) is 16.2. The van der Waals surface area contributed by atoms with Gasteiger partial charge in [0.25, 0.3) is 0 Å². The molecule has 0 radical (unpaired) electrons. The predicted molar refractivity (Wildman–Crippen MR) is 136 cm³/mol. The van der Waals surface area contributed by atoms with E-state index >= 15 is 0 Å². The first-order valence-electron chi connectivity index (χ1n) is 11.2. The molecule has 7 heteroatoms. The summed E-state index contributed by atoms with van der Waals surface area (Å²) in [6.45, 7) is 4.53. The Labute approximate surface area is 208 Å². The Bertz CT molecular complexity index is 1220. The molecular weight excluding hydrogens is 471 g/mol. The molecule has 3 aromatic carbocycles. The number of benzene rings is 3. The summed E-state index contributed by atoms with van der Waals surface area (Å²) in [5.74, 6) is -1.28. The maximum atomic E-state index is 13.6. The number of nitrogens with one attached hydrogen (secondary N) is 1. The van der Waals surface area contributed by atoms with Gasteiger partial charge in [-0.05, 0) is 48.7 Å². The van der Waals surface area contributed by atoms with Crippen LogP contribution in [0.5, 0.6) is 0 Å². The lowest BCUT2D eigenvalue weighted by atomic mass is 10.0. The molecule has 0 bridgehead atoms. The van der Waals surface area contributed by atoms with E-state index in [1.54, 1.807) is 17.9 Å². The van der Waals surface area contributed by atoms with Crippen LogP contribution in [-0.2, 0) is 22.6 Å². The van der Waals surface area contributed by atoms with Gasteiger partial charge in [0, 0.05) is 16.5 Å². The summed E-state index contributed by atoms with van der Waals surface area (Å²) in [6.07, 6.45) is 0.726. The quantitative estimate of drug-likeness (QED) is 0.450. The van der Waals surface area contributed by atoms with Crippen LogP contribution < -0.4 is 10.2 Å². The zero-order valence-electron chi connectivity index (χ0n) is 19.1. The van der Waals surface area contributed by atoms with Crippen molar-refractivity contribution in [2.45, 2.75) is 37.0 Å². The van der Waals surface area contributed by atoms with E-state index in [4.69, 9.17) is 11.6 Å². The molecule has 0 aromatic heterocycles. The van der Waals surface area contributed by atoms with Crippen LogP contribution in [0, 0.1) is 18.7 Å². The fourth-order valence-electron chi connectivity index (χ4n) is 4.03. The summed E-state index contributed by atoms with van der Waals surface area (Å²) in [5, 5.41) is 2.68. The van der Waals surface area contributed by atoms with Crippen LogP contribution in [0.1, 0.15) is 23.6 Å². The Kier molecular flexibility index (Phi) is 7.59. The SMILES string of the molecule is Cc1cccc(CCNC(=O)[C@@H](C)[C@H]2Sc3ccccc3N(Cc3ccc(F)cc3Cl)C2=O)c1. The van der Waals surface area contributed by atoms with E-state index in [9.17, 15) is 14.0 Å². The first-order chi connectivity index (χ1) is 16.3. The van der Waals surface area contributed by atoms with E-state index < -0.39 is 17.0 Å². The maximum absolute atomic E-state index is 13.6. The van der Waals surface area contributed by atoms with Crippen molar-refractivity contribution >= 4 is 40.9 Å². The standard InChI is InChI=1S/C27H26ClFN2O2S/c1-17-6-5-7-19(14-17)12-13-30-26(32)18(2)25-27(33)31(23-8-3-4-9-24(23)34-25)16-20-10-11-21(29)15-22(20)28/h3-11,14-15,18,25H,12-13,16H2,1-2H3,(H,30,32)/t18-,25+/m0/s1. The Morgan fingerprint density at radius 3 is 2.71 bits per heavy atom. The highest BCUT2D eigenvalue weighted by atomic mass is 35.5. The van der Waals surface area contributed by atoms with E-state index in [1.165, 1.54) is 29.5 Å². The van der Waals surface area contributed by atoms with Gasteiger partial charge >= 0.3 is 0 Å². The fraction of sp³-hybridized carbons (Fsp3) is 0.259. The molecule has 1 aliphatic heterocycles. The third kappa shape index (κ3) is 5.45. The molecule has 176 valence electrons. The lowest BCUT2D eigenvalue weighted by Crippen LogP contribution is -2.47. The van der Waals surface area contributed by atoms with Gasteiger partial charge in [-0.2, -0.15) is 0 Å². The number of nitrogens with zero attached hydrogens (tertiary/aromatic N) is 1. The van der Waals surface area contributed by atoms with Crippen molar-refractivity contribution in [3.63, 3.8) is 0 Å². The number of aryl methyl sites for hydroxylation is 1. The molecule has 1 N–H and O–H groups in total. The summed E-state index contributed by atoms with van der Waals surface area (Å²) in [5.41, 5.74) is 3.75. The lowest BCUT2D eigenvalue weighted by Gasteiger charge is -2.36. The van der Waals surface area contributed by atoms with E-state index in [2.05, 4.69) is 11.4 Å². The van der Waals surface area contributed by atoms with E-state index in [0.717, 1.165) is 22.6 Å². The van der Waals surface area contributed by atoms with Gasteiger partial charge in [0.05, 0.1) is 18.2 Å². The topological polar surface area (TPSA) is 49.4 Å². The average Bonchev–Trinajstić information content (AvgIpc) is 2.81. The summed E-state index contributed by atoms with van der Waals surface area (Å²) in [7, 11) is 0. The molecule has 0 unspecified atom stereocenters. The number of carbonyl (C=O) groups is 2. The van der Waals surface area contributed by atoms with Gasteiger partial charge in [-0.3, -0.25) is 9.59 Å². The second-order valence-electron chi connectivity index (χ2n) is 8.49. The molecule has 0 spiro atoms. The summed E-state index contributed by atoms with van der Waals surface area (Å²) >= 11 is 7.65. The van der Waals surface area contributed by atoms with Crippen molar-refractivity contribution < 1.29 is 14.0 Å². The van der Waals surface area contributed by atoms with Crippen LogP contribution in [0.4, 0.5) is 10.1 Å². The molecule has 1 heterocycles. The Morgan fingerprint density at radius 1 is 1.15 bits per heavy atom. The third-order valence-electron chi connectivity index (χ3n) is 5.93. The lowest BCUT2D eigenvalue weighted by molar-refractivity contribution is -0.128. The molecule has 4 nitrogen and oxygen atoms in total. The Morgan fingerprint density at radius 2 is 1.94 bits per heavy atom. The Hall–Kier alpha value is -2.83. The van der Waals surface area contributed by atoms with E-state index in [-0.39, 0.29) is 23.4 Å². The van der Waals surface area contributed by atoms with Crippen LogP contribution in [0.15, 0.2) is 71.6 Å². The van der Waals surface area contributed by atoms with Crippen LogP contribution in [0.25, 0.3) is 0 Å². The second kappa shape index (κ2) is 10.6. The molecule has 2 atom stereocenters. The minimum Gasteiger partial charge on any atom is -0.355 e. The van der Waals surface area contributed by atoms with Crippen molar-refractivity contribution in [2.24, 2.45) is 5.92 Å². The highest BCUT2D eigenvalue weighted by Crippen LogP contribution is 2.42. The molecule has 0 saturated carbocycles. The number of carbonyl (C=O) groups excluding carboxylic acids is 2. The number of thioether (sulfide) groups is 1. The molecule has 4 rings (SSSR count). The van der Waals surface area contributed by atoms with Gasteiger partial charge in [-0.1, -0.05) is 66.6 Å². The maximum Gasteiger partial charge on any atom is 0.241 e. The largest absolute Gasteiger partial charge is 0.355 e. The van der Waals surface area contributed by atoms with Crippen LogP contribution >= 0.6 is 23.4 Å². The molecule has 0 fully saturated rings. The molecule has 34 heavy (non-hydrogen) atoms. The first-order valence-corrected chi connectivity index (χ1v) is 12.4. The van der Waals surface area contributed by atoms with Gasteiger partial charge in [-0.15, -0.1) is 11.8 Å². The number of halogens is 2. The van der Waals surface area contributed by atoms with Gasteiger partial charge in [0.15, 0.2) is 0 Å². The minimum atomic E-state index is -0.576. The van der Waals surface area contributed by atoms with Gasteiger partial charge in [0.1, 0.15) is 11.1 Å². The number of amides is 2. The number of hydrogen-bond donors (Lipinski definition) is 1. The monoisotopic (exact) mass is 496 g/mol. The summed E-state index contributed by atoms with van der Waals surface area (Å²) in [6, 6.07) is 20.0. The number of anilines is 1. The van der Waals surface area contributed by atoms with Crippen molar-refractivity contribution in [3.8, 4) is 0 Å². The molecule has 0 aliphatic carbocycles. The highest BCUT2D eigenvalue weighted by molar-refractivity contribution is 8.01. The molecule has 3 aromatic rings. The number of fused-ring (bicyclic) bond motifs is 1. The minimum absolute atomic E-state index is 0.155. The van der Waals surface area contributed by atoms with Gasteiger partial charge < -0.3 is 10.2 Å². The fourth-order valence-corrected chi connectivity index (χ4v) is 5.55. The highest BCUT2D eigenvalue weighted by Gasteiger charge is 2.39. The van der Waals surface area contributed by atoms with Crippen LogP contribution in [-0.4, -0.2) is 23.6 Å². The number of hydrogen-bond acceptors (Lipinski definition) is 3. The van der Waals surface area contributed by atoms with Crippen molar-refractivity contribution in [1.82, 2.24) is 5.32 Å². The number of rotatable bonds is 7. The molecule has 2 amide bonds. The molecule has 0 saturated heterocycles. The van der Waals surface area contributed by atoms with Gasteiger partial charge in [-0.25, -0.2) is 4.39 Å². The molecule has 1 aliphatic rings. The number of para-hydroxylation sites is 1. The van der Waals surface area contributed by atoms with Crippen molar-refractivity contribution in [1.29, 1.82) is 0 Å². The molecular formula is C27H26ClFN2O2S. The smallest absolute Gasteiger partial charge is 0.241 e. The zero-order valence-corrected chi connectivity index (χ0v) is 20.6. The van der Waals surface area contributed by atoms with Crippen molar-refractivity contribution in [3.05, 3.63) is 94.3 Å². The second-order valence-corrected chi connectivity index (χ2v) is 10.1. The average molecular weight is 497 g/mol. The van der Waals surface area contributed by atoms with E-state index in [0.29, 0.717) is 12.1 Å². The summed E-state index contributed by atoms with van der Waals surface area (Å²) < 4.78 is 13.5. The first kappa shape index (κ1) is 24.3. The van der Waals surface area contributed by atoms with Crippen molar-refractivity contribution in [2.75, 3.05) is 11.4 Å². The van der Waals surface area contributed by atoms with Crippen LogP contribution in [0.3, 0.4) is 0 Å². The zero-order chi connectivity index (χ0) is 24.2. The van der Waals surface area contributed by atoms with Gasteiger partial charge in [0.2, 0.25) is 11.8 Å². The summed E-state index contributed by atoms with van der Waals surface area (Å²) in [4.78, 5) is 29.1. The predicted octanol–water partition coefficient (Wildman–Crippen LogP) is 5.79.